The Morgan fingerprint density at radius 1 is 1.23 bits per heavy atom. The topological polar surface area (TPSA) is 52.6 Å². The molecule has 5 heteroatoms. The Morgan fingerprint density at radius 3 is 2.82 bits per heavy atom. The van der Waals surface area contributed by atoms with Gasteiger partial charge in [-0.1, -0.05) is 6.07 Å². The van der Waals surface area contributed by atoms with Crippen molar-refractivity contribution in [3.8, 4) is 17.0 Å². The molecule has 1 aromatic carbocycles. The van der Waals surface area contributed by atoms with Crippen LogP contribution in [0, 0.1) is 0 Å². The van der Waals surface area contributed by atoms with E-state index in [1.807, 2.05) is 24.4 Å². The minimum atomic E-state index is -0.278. The van der Waals surface area contributed by atoms with E-state index in [2.05, 4.69) is 16.4 Å². The van der Waals surface area contributed by atoms with Crippen molar-refractivity contribution in [3.05, 3.63) is 41.6 Å². The first-order chi connectivity index (χ1) is 10.8. The SMILES string of the molecule is COc1cc2c(c(-c3ccc(C4OCCO4)cn3)c1)CCN2. The predicted octanol–water partition coefficient (Wildman–Crippen LogP) is 2.77. The molecule has 0 atom stereocenters. The van der Waals surface area contributed by atoms with E-state index < -0.39 is 0 Å². The van der Waals surface area contributed by atoms with Crippen LogP contribution in [0.2, 0.25) is 0 Å². The summed E-state index contributed by atoms with van der Waals surface area (Å²) in [6, 6.07) is 8.14. The van der Waals surface area contributed by atoms with Gasteiger partial charge in [0.05, 0.1) is 26.0 Å². The Hall–Kier alpha value is -2.11. The number of nitrogens with one attached hydrogen (secondary N) is 1. The Bertz CT molecular complexity index is 679. The fraction of sp³-hybridized carbons (Fsp3) is 0.353. The van der Waals surface area contributed by atoms with E-state index in [-0.39, 0.29) is 6.29 Å². The Kier molecular flexibility index (Phi) is 3.44. The van der Waals surface area contributed by atoms with Crippen molar-refractivity contribution in [2.45, 2.75) is 12.7 Å². The summed E-state index contributed by atoms with van der Waals surface area (Å²) in [5.74, 6) is 0.844. The summed E-state index contributed by atoms with van der Waals surface area (Å²) in [6.45, 7) is 2.24. The van der Waals surface area contributed by atoms with Crippen LogP contribution in [0.4, 0.5) is 5.69 Å². The van der Waals surface area contributed by atoms with Crippen LogP contribution in [-0.2, 0) is 15.9 Å². The largest absolute Gasteiger partial charge is 0.497 e. The molecule has 5 nitrogen and oxygen atoms in total. The minimum absolute atomic E-state index is 0.278. The van der Waals surface area contributed by atoms with Crippen molar-refractivity contribution in [3.63, 3.8) is 0 Å². The number of aromatic nitrogens is 1. The number of ether oxygens (including phenoxy) is 3. The maximum atomic E-state index is 5.50. The van der Waals surface area contributed by atoms with E-state index in [1.165, 1.54) is 5.56 Å². The maximum absolute atomic E-state index is 5.50. The summed E-state index contributed by atoms with van der Waals surface area (Å²) in [6.07, 6.45) is 2.56. The van der Waals surface area contributed by atoms with Gasteiger partial charge in [-0.15, -0.1) is 0 Å². The van der Waals surface area contributed by atoms with Gasteiger partial charge in [0.2, 0.25) is 0 Å². The number of methoxy groups -OCH3 is 1. The average Bonchev–Trinajstić information content (AvgIpc) is 3.25. The van der Waals surface area contributed by atoms with E-state index in [9.17, 15) is 0 Å². The number of pyridine rings is 1. The van der Waals surface area contributed by atoms with Gasteiger partial charge in [-0.2, -0.15) is 0 Å². The highest BCUT2D eigenvalue weighted by Crippen LogP contribution is 2.36. The standard InChI is InChI=1S/C17H18N2O3/c1-20-12-8-14(13-4-5-18-16(13)9-12)15-3-2-11(10-19-15)17-21-6-7-22-17/h2-3,8-10,17-18H,4-7H2,1H3. The molecule has 2 aliphatic heterocycles. The van der Waals surface area contributed by atoms with Crippen molar-refractivity contribution in [1.29, 1.82) is 0 Å². The Balaban J connectivity index is 1.71. The lowest BCUT2D eigenvalue weighted by atomic mass is 10.0. The molecular weight excluding hydrogens is 280 g/mol. The van der Waals surface area contributed by atoms with Crippen LogP contribution in [0.3, 0.4) is 0 Å². The van der Waals surface area contributed by atoms with Crippen LogP contribution in [0.5, 0.6) is 5.75 Å². The van der Waals surface area contributed by atoms with Crippen LogP contribution < -0.4 is 10.1 Å². The number of rotatable bonds is 3. The first-order valence-corrected chi connectivity index (χ1v) is 7.49. The zero-order chi connectivity index (χ0) is 14.9. The van der Waals surface area contributed by atoms with Crippen molar-refractivity contribution >= 4 is 5.69 Å². The lowest BCUT2D eigenvalue weighted by molar-refractivity contribution is -0.0443. The number of anilines is 1. The van der Waals surface area contributed by atoms with E-state index >= 15 is 0 Å². The second kappa shape index (κ2) is 5.59. The van der Waals surface area contributed by atoms with Crippen molar-refractivity contribution in [2.75, 3.05) is 32.2 Å². The molecule has 0 bridgehead atoms. The normalized spacial score (nSPS) is 17.3. The molecule has 1 N–H and O–H groups in total. The highest BCUT2D eigenvalue weighted by atomic mass is 16.7. The molecule has 4 rings (SSSR count). The van der Waals surface area contributed by atoms with E-state index in [4.69, 9.17) is 14.2 Å². The average molecular weight is 298 g/mol. The second-order valence-corrected chi connectivity index (χ2v) is 5.43. The molecule has 0 aliphatic carbocycles. The van der Waals surface area contributed by atoms with Crippen molar-refractivity contribution < 1.29 is 14.2 Å². The van der Waals surface area contributed by atoms with E-state index in [0.29, 0.717) is 13.2 Å². The van der Waals surface area contributed by atoms with Gasteiger partial charge in [0.15, 0.2) is 6.29 Å². The summed E-state index contributed by atoms with van der Waals surface area (Å²) in [4.78, 5) is 4.60. The number of hydrogen-bond donors (Lipinski definition) is 1. The summed E-state index contributed by atoms with van der Waals surface area (Å²) in [7, 11) is 1.69. The molecule has 22 heavy (non-hydrogen) atoms. The van der Waals surface area contributed by atoms with Gasteiger partial charge >= 0.3 is 0 Å². The Morgan fingerprint density at radius 2 is 2.09 bits per heavy atom. The first-order valence-electron chi connectivity index (χ1n) is 7.49. The van der Waals surface area contributed by atoms with Crippen LogP contribution in [0.15, 0.2) is 30.5 Å². The summed E-state index contributed by atoms with van der Waals surface area (Å²) in [5.41, 5.74) is 5.47. The molecule has 2 aromatic rings. The number of benzene rings is 1. The molecule has 3 heterocycles. The highest BCUT2D eigenvalue weighted by Gasteiger charge is 2.21. The molecule has 0 radical (unpaired) electrons. The zero-order valence-electron chi connectivity index (χ0n) is 12.5. The fourth-order valence-electron chi connectivity index (χ4n) is 3.00. The number of hydrogen-bond acceptors (Lipinski definition) is 5. The van der Waals surface area contributed by atoms with Gasteiger partial charge in [-0.3, -0.25) is 4.98 Å². The molecule has 1 saturated heterocycles. The van der Waals surface area contributed by atoms with Gasteiger partial charge in [0.1, 0.15) is 5.75 Å². The smallest absolute Gasteiger partial charge is 0.185 e. The third-order valence-corrected chi connectivity index (χ3v) is 4.11. The lowest BCUT2D eigenvalue weighted by Gasteiger charge is -2.12. The number of fused-ring (bicyclic) bond motifs is 1. The van der Waals surface area contributed by atoms with Gasteiger partial charge in [-0.05, 0) is 24.1 Å². The van der Waals surface area contributed by atoms with Crippen LogP contribution in [-0.4, -0.2) is 31.9 Å². The van der Waals surface area contributed by atoms with Crippen LogP contribution >= 0.6 is 0 Å². The fourth-order valence-corrected chi connectivity index (χ4v) is 3.00. The van der Waals surface area contributed by atoms with Crippen molar-refractivity contribution in [2.24, 2.45) is 0 Å². The van der Waals surface area contributed by atoms with Gasteiger partial charge in [0, 0.05) is 35.6 Å². The lowest BCUT2D eigenvalue weighted by Crippen LogP contribution is -1.99. The summed E-state index contributed by atoms with van der Waals surface area (Å²) >= 11 is 0. The quantitative estimate of drug-likeness (QED) is 0.944. The third-order valence-electron chi connectivity index (χ3n) is 4.11. The Labute approximate surface area is 129 Å². The molecule has 114 valence electrons. The predicted molar refractivity (Wildman–Crippen MR) is 83.1 cm³/mol. The maximum Gasteiger partial charge on any atom is 0.185 e. The summed E-state index contributed by atoms with van der Waals surface area (Å²) in [5, 5.41) is 3.39. The monoisotopic (exact) mass is 298 g/mol. The van der Waals surface area contributed by atoms with Gasteiger partial charge in [0.25, 0.3) is 0 Å². The van der Waals surface area contributed by atoms with Crippen LogP contribution in [0.1, 0.15) is 17.4 Å². The van der Waals surface area contributed by atoms with Crippen LogP contribution in [0.25, 0.3) is 11.3 Å². The van der Waals surface area contributed by atoms with Gasteiger partial charge in [-0.25, -0.2) is 0 Å². The van der Waals surface area contributed by atoms with E-state index in [0.717, 1.165) is 41.2 Å². The van der Waals surface area contributed by atoms with E-state index in [1.54, 1.807) is 7.11 Å². The van der Waals surface area contributed by atoms with Crippen molar-refractivity contribution in [1.82, 2.24) is 4.98 Å². The highest BCUT2D eigenvalue weighted by molar-refractivity contribution is 5.76. The molecule has 0 spiro atoms. The van der Waals surface area contributed by atoms with Gasteiger partial charge < -0.3 is 19.5 Å². The number of nitrogens with zero attached hydrogens (tertiary/aromatic N) is 1. The molecule has 2 aliphatic rings. The molecule has 0 unspecified atom stereocenters. The molecule has 0 amide bonds. The first kappa shape index (κ1) is 13.5. The summed E-state index contributed by atoms with van der Waals surface area (Å²) < 4.78 is 16.4. The molecule has 0 saturated carbocycles. The molecule has 1 fully saturated rings. The third kappa shape index (κ3) is 2.32. The zero-order valence-corrected chi connectivity index (χ0v) is 12.5. The molecule has 1 aromatic heterocycles. The minimum Gasteiger partial charge on any atom is -0.497 e. The second-order valence-electron chi connectivity index (χ2n) is 5.43. The molecular formula is C17H18N2O3.